The first-order valence-corrected chi connectivity index (χ1v) is 5.79. The molecule has 4 nitrogen and oxygen atoms in total. The van der Waals surface area contributed by atoms with E-state index in [0.29, 0.717) is 18.8 Å². The van der Waals surface area contributed by atoms with E-state index >= 15 is 0 Å². The summed E-state index contributed by atoms with van der Waals surface area (Å²) in [6, 6.07) is 7.54. The first kappa shape index (κ1) is 13.5. The van der Waals surface area contributed by atoms with Crippen LogP contribution in [0.5, 0.6) is 0 Å². The summed E-state index contributed by atoms with van der Waals surface area (Å²) in [7, 11) is 1.76. The topological polar surface area (TPSA) is 55.6 Å². The van der Waals surface area contributed by atoms with Gasteiger partial charge < -0.3 is 15.4 Å². The fraction of sp³-hybridized carbons (Fsp3) is 0.462. The van der Waals surface area contributed by atoms with Crippen molar-refractivity contribution in [1.82, 2.24) is 4.90 Å². The predicted octanol–water partition coefficient (Wildman–Crippen LogP) is 1.65. The summed E-state index contributed by atoms with van der Waals surface area (Å²) >= 11 is 0. The van der Waals surface area contributed by atoms with Crippen LogP contribution in [0.1, 0.15) is 18.9 Å². The van der Waals surface area contributed by atoms with E-state index in [9.17, 15) is 4.79 Å². The van der Waals surface area contributed by atoms with Gasteiger partial charge in [0.25, 0.3) is 0 Å². The smallest absolute Gasteiger partial charge is 0.248 e. The minimum atomic E-state index is -0.0131. The van der Waals surface area contributed by atoms with Gasteiger partial charge in [0.2, 0.25) is 5.91 Å². The van der Waals surface area contributed by atoms with Gasteiger partial charge in [0.1, 0.15) is 6.61 Å². The highest BCUT2D eigenvalue weighted by Gasteiger charge is 2.09. The molecule has 1 rings (SSSR count). The number of amides is 1. The van der Waals surface area contributed by atoms with Crippen molar-refractivity contribution in [3.05, 3.63) is 29.8 Å². The average Bonchev–Trinajstić information content (AvgIpc) is 2.29. The maximum Gasteiger partial charge on any atom is 0.248 e. The molecule has 1 aromatic carbocycles. The molecule has 94 valence electrons. The lowest BCUT2D eigenvalue weighted by molar-refractivity contribution is -0.135. The maximum absolute atomic E-state index is 11.7. The minimum Gasteiger partial charge on any atom is -0.399 e. The van der Waals surface area contributed by atoms with Crippen molar-refractivity contribution < 1.29 is 9.53 Å². The average molecular weight is 236 g/mol. The normalized spacial score (nSPS) is 10.2. The van der Waals surface area contributed by atoms with Crippen LogP contribution in [0, 0.1) is 0 Å². The van der Waals surface area contributed by atoms with Gasteiger partial charge in [-0.25, -0.2) is 0 Å². The highest BCUT2D eigenvalue weighted by Crippen LogP contribution is 2.08. The molecule has 1 aromatic rings. The van der Waals surface area contributed by atoms with Gasteiger partial charge in [-0.15, -0.1) is 0 Å². The molecule has 17 heavy (non-hydrogen) atoms. The number of nitrogens with two attached hydrogens (primary N) is 1. The van der Waals surface area contributed by atoms with Crippen molar-refractivity contribution in [3.63, 3.8) is 0 Å². The van der Waals surface area contributed by atoms with E-state index in [1.165, 1.54) is 0 Å². The SMILES string of the molecule is CCCOCC(=O)N(C)Cc1cccc(N)c1. The van der Waals surface area contributed by atoms with Gasteiger partial charge in [-0.2, -0.15) is 0 Å². The number of anilines is 1. The van der Waals surface area contributed by atoms with Crippen LogP contribution < -0.4 is 5.73 Å². The highest BCUT2D eigenvalue weighted by atomic mass is 16.5. The number of carbonyl (C=O) groups is 1. The third-order valence-corrected chi connectivity index (χ3v) is 2.37. The Morgan fingerprint density at radius 3 is 2.88 bits per heavy atom. The second-order valence-corrected chi connectivity index (χ2v) is 4.05. The van der Waals surface area contributed by atoms with Crippen molar-refractivity contribution in [2.45, 2.75) is 19.9 Å². The molecule has 0 saturated carbocycles. The number of carbonyl (C=O) groups excluding carboxylic acids is 1. The van der Waals surface area contributed by atoms with Gasteiger partial charge in [0.05, 0.1) is 0 Å². The standard InChI is InChI=1S/C13H20N2O2/c1-3-7-17-10-13(16)15(2)9-11-5-4-6-12(14)8-11/h4-6,8H,3,7,9-10,14H2,1-2H3. The first-order chi connectivity index (χ1) is 8.13. The number of benzene rings is 1. The minimum absolute atomic E-state index is 0.0131. The van der Waals surface area contributed by atoms with Crippen LogP contribution in [-0.4, -0.2) is 31.1 Å². The van der Waals surface area contributed by atoms with Crippen molar-refractivity contribution >= 4 is 11.6 Å². The van der Waals surface area contributed by atoms with Crippen LogP contribution in [0.15, 0.2) is 24.3 Å². The van der Waals surface area contributed by atoms with Crippen molar-refractivity contribution in [2.75, 3.05) is 26.0 Å². The van der Waals surface area contributed by atoms with Crippen LogP contribution in [0.4, 0.5) is 5.69 Å². The number of rotatable bonds is 6. The van der Waals surface area contributed by atoms with Crippen LogP contribution >= 0.6 is 0 Å². The molecule has 0 aliphatic heterocycles. The number of likely N-dealkylation sites (N-methyl/N-ethyl adjacent to an activating group) is 1. The van der Waals surface area contributed by atoms with Crippen LogP contribution in [0.25, 0.3) is 0 Å². The summed E-state index contributed by atoms with van der Waals surface area (Å²) in [5.74, 6) is -0.0131. The quantitative estimate of drug-likeness (QED) is 0.603. The second kappa shape index (κ2) is 6.91. The van der Waals surface area contributed by atoms with E-state index in [1.54, 1.807) is 11.9 Å². The van der Waals surface area contributed by atoms with E-state index in [4.69, 9.17) is 10.5 Å². The third-order valence-electron chi connectivity index (χ3n) is 2.37. The van der Waals surface area contributed by atoms with Crippen LogP contribution in [-0.2, 0) is 16.1 Å². The van der Waals surface area contributed by atoms with Crippen molar-refractivity contribution in [1.29, 1.82) is 0 Å². The highest BCUT2D eigenvalue weighted by molar-refractivity contribution is 5.77. The molecule has 0 aliphatic rings. The number of hydrogen-bond acceptors (Lipinski definition) is 3. The first-order valence-electron chi connectivity index (χ1n) is 5.79. The van der Waals surface area contributed by atoms with E-state index in [2.05, 4.69) is 0 Å². The van der Waals surface area contributed by atoms with E-state index in [-0.39, 0.29) is 12.5 Å². The number of ether oxygens (including phenoxy) is 1. The molecule has 0 aromatic heterocycles. The summed E-state index contributed by atoms with van der Waals surface area (Å²) in [4.78, 5) is 13.3. The Hall–Kier alpha value is -1.55. The number of hydrogen-bond donors (Lipinski definition) is 1. The van der Waals surface area contributed by atoms with Gasteiger partial charge in [-0.1, -0.05) is 19.1 Å². The monoisotopic (exact) mass is 236 g/mol. The summed E-state index contributed by atoms with van der Waals surface area (Å²) in [5, 5.41) is 0. The van der Waals surface area contributed by atoms with Crippen LogP contribution in [0.2, 0.25) is 0 Å². The van der Waals surface area contributed by atoms with E-state index in [1.807, 2.05) is 31.2 Å². The Kier molecular flexibility index (Phi) is 5.49. The molecule has 4 heteroatoms. The van der Waals surface area contributed by atoms with Gasteiger partial charge >= 0.3 is 0 Å². The molecule has 0 spiro atoms. The summed E-state index contributed by atoms with van der Waals surface area (Å²) in [6.07, 6.45) is 0.923. The van der Waals surface area contributed by atoms with Gasteiger partial charge in [-0.3, -0.25) is 4.79 Å². The van der Waals surface area contributed by atoms with Gasteiger partial charge in [-0.05, 0) is 24.1 Å². The van der Waals surface area contributed by atoms with E-state index < -0.39 is 0 Å². The Morgan fingerprint density at radius 1 is 1.47 bits per heavy atom. The predicted molar refractivity (Wildman–Crippen MR) is 68.4 cm³/mol. The fourth-order valence-corrected chi connectivity index (χ4v) is 1.47. The molecule has 0 fully saturated rings. The van der Waals surface area contributed by atoms with E-state index in [0.717, 1.165) is 12.0 Å². The zero-order valence-corrected chi connectivity index (χ0v) is 10.5. The molecule has 2 N–H and O–H groups in total. The molecule has 0 unspecified atom stereocenters. The van der Waals surface area contributed by atoms with Crippen LogP contribution in [0.3, 0.4) is 0 Å². The molecular formula is C13H20N2O2. The zero-order chi connectivity index (χ0) is 12.7. The van der Waals surface area contributed by atoms with Crippen molar-refractivity contribution in [3.8, 4) is 0 Å². The lowest BCUT2D eigenvalue weighted by atomic mass is 10.2. The summed E-state index contributed by atoms with van der Waals surface area (Å²) in [6.45, 7) is 3.34. The number of nitrogen functional groups attached to an aromatic ring is 1. The zero-order valence-electron chi connectivity index (χ0n) is 10.5. The lowest BCUT2D eigenvalue weighted by Crippen LogP contribution is -2.30. The number of nitrogens with zero attached hydrogens (tertiary/aromatic N) is 1. The molecule has 0 bridgehead atoms. The Balaban J connectivity index is 2.43. The molecule has 0 heterocycles. The lowest BCUT2D eigenvalue weighted by Gasteiger charge is -2.17. The Labute approximate surface area is 102 Å². The van der Waals surface area contributed by atoms with Crippen molar-refractivity contribution in [2.24, 2.45) is 0 Å². The van der Waals surface area contributed by atoms with Gasteiger partial charge in [0.15, 0.2) is 0 Å². The summed E-state index contributed by atoms with van der Waals surface area (Å²) in [5.41, 5.74) is 7.42. The largest absolute Gasteiger partial charge is 0.399 e. The van der Waals surface area contributed by atoms with Gasteiger partial charge in [0, 0.05) is 25.9 Å². The molecule has 0 aliphatic carbocycles. The Bertz CT molecular complexity index is 366. The molecule has 0 atom stereocenters. The molecule has 1 amide bonds. The summed E-state index contributed by atoms with van der Waals surface area (Å²) < 4.78 is 5.21. The molecular weight excluding hydrogens is 216 g/mol. The second-order valence-electron chi connectivity index (χ2n) is 4.05. The fourth-order valence-electron chi connectivity index (χ4n) is 1.47. The third kappa shape index (κ3) is 4.87. The Morgan fingerprint density at radius 2 is 2.24 bits per heavy atom. The molecule has 0 saturated heterocycles. The molecule has 0 radical (unpaired) electrons. The maximum atomic E-state index is 11.7.